The quantitative estimate of drug-likeness (QED) is 0.394. The van der Waals surface area contributed by atoms with Gasteiger partial charge in [0.05, 0.1) is 17.9 Å². The van der Waals surface area contributed by atoms with Crippen molar-refractivity contribution in [2.75, 3.05) is 0 Å². The first-order valence-corrected chi connectivity index (χ1v) is 6.41. The first kappa shape index (κ1) is 9.45. The topological polar surface area (TPSA) is 26.3 Å². The van der Waals surface area contributed by atoms with E-state index in [1.165, 1.54) is 27.6 Å². The van der Waals surface area contributed by atoms with Crippen molar-refractivity contribution in [1.82, 2.24) is 0 Å². The Morgan fingerprint density at radius 3 is 2.53 bits per heavy atom. The predicted octanol–water partition coefficient (Wildman–Crippen LogP) is 4.75. The van der Waals surface area contributed by atoms with Gasteiger partial charge in [-0.3, -0.25) is 0 Å². The SMILES string of the molecule is c1ccc2c(c1)Cc1c-2c2occc2c2occc12. The summed E-state index contributed by atoms with van der Waals surface area (Å²) < 4.78 is 11.4. The number of hydrogen-bond donors (Lipinski definition) is 0. The van der Waals surface area contributed by atoms with Crippen LogP contribution >= 0.6 is 0 Å². The minimum atomic E-state index is 0.940. The fourth-order valence-corrected chi connectivity index (χ4v) is 3.29. The van der Waals surface area contributed by atoms with Gasteiger partial charge in [0.1, 0.15) is 11.2 Å². The molecule has 90 valence electrons. The fourth-order valence-electron chi connectivity index (χ4n) is 3.29. The van der Waals surface area contributed by atoms with E-state index in [4.69, 9.17) is 8.83 Å². The lowest BCUT2D eigenvalue weighted by molar-refractivity contribution is 0.612. The largest absolute Gasteiger partial charge is 0.464 e. The van der Waals surface area contributed by atoms with E-state index in [2.05, 4.69) is 30.3 Å². The van der Waals surface area contributed by atoms with Gasteiger partial charge in [0.15, 0.2) is 0 Å². The van der Waals surface area contributed by atoms with Gasteiger partial charge in [-0.25, -0.2) is 0 Å². The lowest BCUT2D eigenvalue weighted by atomic mass is 10.0. The van der Waals surface area contributed by atoms with E-state index < -0.39 is 0 Å². The summed E-state index contributed by atoms with van der Waals surface area (Å²) in [6.07, 6.45) is 4.46. The highest BCUT2D eigenvalue weighted by atomic mass is 16.3. The number of benzene rings is 2. The van der Waals surface area contributed by atoms with E-state index in [0.717, 1.165) is 23.0 Å². The van der Waals surface area contributed by atoms with Crippen LogP contribution in [0.15, 0.2) is 57.8 Å². The molecule has 0 amide bonds. The molecule has 1 aliphatic carbocycles. The van der Waals surface area contributed by atoms with Crippen molar-refractivity contribution in [3.05, 3.63) is 60.1 Å². The molecule has 0 radical (unpaired) electrons. The normalized spacial score (nSPS) is 13.1. The van der Waals surface area contributed by atoms with Crippen molar-refractivity contribution < 1.29 is 8.83 Å². The van der Waals surface area contributed by atoms with Crippen LogP contribution in [0.4, 0.5) is 0 Å². The molecule has 0 fully saturated rings. The molecule has 0 atom stereocenters. The van der Waals surface area contributed by atoms with Gasteiger partial charge in [-0.15, -0.1) is 0 Å². The second kappa shape index (κ2) is 3.09. The highest BCUT2D eigenvalue weighted by Gasteiger charge is 2.26. The lowest BCUT2D eigenvalue weighted by Crippen LogP contribution is -1.82. The van der Waals surface area contributed by atoms with Crippen LogP contribution in [0.2, 0.25) is 0 Å². The number of rotatable bonds is 0. The molecule has 0 bridgehead atoms. The molecular formula is C17H10O2. The molecule has 4 aromatic rings. The van der Waals surface area contributed by atoms with Crippen molar-refractivity contribution in [1.29, 1.82) is 0 Å². The van der Waals surface area contributed by atoms with E-state index in [1.54, 1.807) is 12.5 Å². The van der Waals surface area contributed by atoms with Crippen LogP contribution in [0, 0.1) is 0 Å². The van der Waals surface area contributed by atoms with Crippen molar-refractivity contribution in [3.63, 3.8) is 0 Å². The summed E-state index contributed by atoms with van der Waals surface area (Å²) in [5.74, 6) is 0. The van der Waals surface area contributed by atoms with Crippen molar-refractivity contribution >= 4 is 21.9 Å². The summed E-state index contributed by atoms with van der Waals surface area (Å²) in [7, 11) is 0. The van der Waals surface area contributed by atoms with Crippen LogP contribution in [0.1, 0.15) is 11.1 Å². The molecule has 0 saturated carbocycles. The van der Waals surface area contributed by atoms with E-state index in [0.29, 0.717) is 0 Å². The summed E-state index contributed by atoms with van der Waals surface area (Å²) in [6.45, 7) is 0. The second-order valence-corrected chi connectivity index (χ2v) is 5.01. The average Bonchev–Trinajstić information content (AvgIpc) is 3.14. The number of furan rings is 2. The second-order valence-electron chi connectivity index (χ2n) is 5.01. The molecule has 0 aliphatic heterocycles. The van der Waals surface area contributed by atoms with Gasteiger partial charge in [0.25, 0.3) is 0 Å². The van der Waals surface area contributed by atoms with Gasteiger partial charge in [-0.05, 0) is 35.2 Å². The Morgan fingerprint density at radius 2 is 1.58 bits per heavy atom. The van der Waals surface area contributed by atoms with Crippen molar-refractivity contribution in [2.24, 2.45) is 0 Å². The lowest BCUT2D eigenvalue weighted by Gasteiger charge is -2.03. The minimum Gasteiger partial charge on any atom is -0.464 e. The van der Waals surface area contributed by atoms with Crippen molar-refractivity contribution in [2.45, 2.75) is 6.42 Å². The Hall–Kier alpha value is -2.48. The zero-order valence-electron chi connectivity index (χ0n) is 10.1. The molecule has 2 aromatic heterocycles. The van der Waals surface area contributed by atoms with Gasteiger partial charge in [0, 0.05) is 10.9 Å². The standard InChI is InChI=1S/C17H10O2/c1-2-4-11-10(3-1)9-14-12-5-7-18-16(12)13-6-8-19-17(13)15(11)14/h1-8H,9H2. The third-order valence-corrected chi connectivity index (χ3v) is 4.08. The molecule has 0 unspecified atom stereocenters. The highest BCUT2D eigenvalue weighted by molar-refractivity contribution is 6.13. The molecular weight excluding hydrogens is 236 g/mol. The molecule has 19 heavy (non-hydrogen) atoms. The summed E-state index contributed by atoms with van der Waals surface area (Å²) in [5.41, 5.74) is 7.11. The van der Waals surface area contributed by atoms with Crippen molar-refractivity contribution in [3.8, 4) is 11.1 Å². The Kier molecular flexibility index (Phi) is 1.54. The van der Waals surface area contributed by atoms with Gasteiger partial charge in [0.2, 0.25) is 0 Å². The summed E-state index contributed by atoms with van der Waals surface area (Å²) in [5, 5.41) is 2.27. The maximum atomic E-state index is 5.74. The molecule has 2 nitrogen and oxygen atoms in total. The molecule has 0 saturated heterocycles. The van der Waals surface area contributed by atoms with Crippen LogP contribution in [0.5, 0.6) is 0 Å². The molecule has 0 spiro atoms. The Bertz CT molecular complexity index is 940. The monoisotopic (exact) mass is 246 g/mol. The van der Waals surface area contributed by atoms with Gasteiger partial charge >= 0.3 is 0 Å². The van der Waals surface area contributed by atoms with E-state index in [1.807, 2.05) is 6.07 Å². The highest BCUT2D eigenvalue weighted by Crippen LogP contribution is 2.46. The zero-order chi connectivity index (χ0) is 12.4. The van der Waals surface area contributed by atoms with Gasteiger partial charge in [-0.2, -0.15) is 0 Å². The van der Waals surface area contributed by atoms with E-state index in [9.17, 15) is 0 Å². The maximum Gasteiger partial charge on any atom is 0.145 e. The van der Waals surface area contributed by atoms with Crippen LogP contribution in [0.25, 0.3) is 33.1 Å². The first-order chi connectivity index (χ1) is 9.43. The average molecular weight is 246 g/mol. The maximum absolute atomic E-state index is 5.74. The smallest absolute Gasteiger partial charge is 0.145 e. The molecule has 1 aliphatic rings. The Morgan fingerprint density at radius 1 is 0.789 bits per heavy atom. The zero-order valence-corrected chi connectivity index (χ0v) is 10.1. The third kappa shape index (κ3) is 1.03. The summed E-state index contributed by atoms with van der Waals surface area (Å²) in [6, 6.07) is 12.6. The molecule has 5 rings (SSSR count). The van der Waals surface area contributed by atoms with Crippen LogP contribution < -0.4 is 0 Å². The van der Waals surface area contributed by atoms with Gasteiger partial charge < -0.3 is 8.83 Å². The first-order valence-electron chi connectivity index (χ1n) is 6.41. The molecule has 2 aromatic carbocycles. The number of hydrogen-bond acceptors (Lipinski definition) is 2. The van der Waals surface area contributed by atoms with Crippen LogP contribution in [-0.4, -0.2) is 0 Å². The molecule has 0 N–H and O–H groups in total. The summed E-state index contributed by atoms with van der Waals surface area (Å²) >= 11 is 0. The fraction of sp³-hybridized carbons (Fsp3) is 0.0588. The summed E-state index contributed by atoms with van der Waals surface area (Å²) in [4.78, 5) is 0. The Balaban J connectivity index is 2.09. The van der Waals surface area contributed by atoms with Gasteiger partial charge in [-0.1, -0.05) is 24.3 Å². The molecule has 2 heteroatoms. The van der Waals surface area contributed by atoms with E-state index >= 15 is 0 Å². The van der Waals surface area contributed by atoms with Crippen LogP contribution in [0.3, 0.4) is 0 Å². The predicted molar refractivity (Wildman–Crippen MR) is 74.2 cm³/mol. The minimum absolute atomic E-state index is 0.940. The Labute approximate surface area is 109 Å². The number of fused-ring (bicyclic) bond motifs is 8. The third-order valence-electron chi connectivity index (χ3n) is 4.08. The van der Waals surface area contributed by atoms with Crippen LogP contribution in [-0.2, 0) is 6.42 Å². The molecule has 2 heterocycles. The van der Waals surface area contributed by atoms with E-state index in [-0.39, 0.29) is 0 Å².